The number of likely N-dealkylation sites (tertiary alicyclic amines) is 1. The summed E-state index contributed by atoms with van der Waals surface area (Å²) in [4.78, 5) is 13.7. The Bertz CT molecular complexity index is 697. The lowest BCUT2D eigenvalue weighted by molar-refractivity contribution is -0.274. The highest BCUT2D eigenvalue weighted by Crippen LogP contribution is 2.23. The Morgan fingerprint density at radius 2 is 1.65 bits per heavy atom. The van der Waals surface area contributed by atoms with Gasteiger partial charge in [0.25, 0.3) is 0 Å². The van der Waals surface area contributed by atoms with Crippen LogP contribution in [0.25, 0.3) is 0 Å². The second-order valence-electron chi connectivity index (χ2n) is 5.96. The van der Waals surface area contributed by atoms with E-state index in [1.165, 1.54) is 0 Å². The molecule has 1 fully saturated rings. The first-order chi connectivity index (χ1) is 12.2. The fraction of sp³-hybridized carbons (Fsp3) is 0.562. The van der Waals surface area contributed by atoms with Gasteiger partial charge in [-0.25, -0.2) is 13.1 Å². The van der Waals surface area contributed by atoms with Crippen LogP contribution < -0.4 is 9.46 Å². The standard InChI is InChI=1S/C16H21F3N2O4S/c17-16(18,19)25-13-5-7-14(8-6-13)26(23,24)20-10-9-15(22)21-11-3-1-2-4-12-21/h5-8,20H,1-4,9-12H2. The molecule has 6 nitrogen and oxygen atoms in total. The number of hydrogen-bond acceptors (Lipinski definition) is 4. The van der Waals surface area contributed by atoms with E-state index in [4.69, 9.17) is 0 Å². The molecular weight excluding hydrogens is 373 g/mol. The van der Waals surface area contributed by atoms with E-state index in [0.717, 1.165) is 49.9 Å². The van der Waals surface area contributed by atoms with Crippen LogP contribution in [0.5, 0.6) is 5.75 Å². The lowest BCUT2D eigenvalue weighted by Crippen LogP contribution is -2.35. The van der Waals surface area contributed by atoms with Gasteiger partial charge in [0, 0.05) is 26.1 Å². The fourth-order valence-corrected chi connectivity index (χ4v) is 3.71. The number of halogens is 3. The van der Waals surface area contributed by atoms with Crippen LogP contribution in [0.4, 0.5) is 13.2 Å². The highest BCUT2D eigenvalue weighted by Gasteiger charge is 2.31. The van der Waals surface area contributed by atoms with Gasteiger partial charge in [0.2, 0.25) is 15.9 Å². The SMILES string of the molecule is O=C(CCNS(=O)(=O)c1ccc(OC(F)(F)F)cc1)N1CCCCCC1. The van der Waals surface area contributed by atoms with Crippen molar-refractivity contribution in [2.24, 2.45) is 0 Å². The molecule has 0 unspecified atom stereocenters. The molecule has 0 spiro atoms. The summed E-state index contributed by atoms with van der Waals surface area (Å²) in [6, 6.07) is 3.87. The first-order valence-corrected chi connectivity index (χ1v) is 9.79. The van der Waals surface area contributed by atoms with Gasteiger partial charge in [-0.15, -0.1) is 13.2 Å². The molecule has 1 saturated heterocycles. The highest BCUT2D eigenvalue weighted by atomic mass is 32.2. The van der Waals surface area contributed by atoms with Gasteiger partial charge < -0.3 is 9.64 Å². The van der Waals surface area contributed by atoms with E-state index in [1.807, 2.05) is 0 Å². The van der Waals surface area contributed by atoms with Gasteiger partial charge in [-0.05, 0) is 37.1 Å². The number of alkyl halides is 3. The molecule has 1 aliphatic rings. The van der Waals surface area contributed by atoms with E-state index < -0.39 is 22.1 Å². The van der Waals surface area contributed by atoms with Gasteiger partial charge in [0.05, 0.1) is 4.90 Å². The van der Waals surface area contributed by atoms with Crippen LogP contribution in [0, 0.1) is 0 Å². The number of nitrogens with zero attached hydrogens (tertiary/aromatic N) is 1. The highest BCUT2D eigenvalue weighted by molar-refractivity contribution is 7.89. The molecule has 0 radical (unpaired) electrons. The summed E-state index contributed by atoms with van der Waals surface area (Å²) < 4.78 is 66.6. The maximum Gasteiger partial charge on any atom is 0.573 e. The molecule has 1 aliphatic heterocycles. The molecule has 1 heterocycles. The largest absolute Gasteiger partial charge is 0.573 e. The predicted molar refractivity (Wildman–Crippen MR) is 88.0 cm³/mol. The molecule has 10 heteroatoms. The van der Waals surface area contributed by atoms with Gasteiger partial charge in [-0.2, -0.15) is 0 Å². The van der Waals surface area contributed by atoms with Gasteiger partial charge in [-0.1, -0.05) is 12.8 Å². The zero-order chi connectivity index (χ0) is 19.2. The summed E-state index contributed by atoms with van der Waals surface area (Å²) in [5, 5.41) is 0. The Kier molecular flexibility index (Phi) is 6.87. The van der Waals surface area contributed by atoms with Crippen molar-refractivity contribution in [3.05, 3.63) is 24.3 Å². The monoisotopic (exact) mass is 394 g/mol. The number of benzene rings is 1. The van der Waals surface area contributed by atoms with Crippen molar-refractivity contribution in [1.29, 1.82) is 0 Å². The Morgan fingerprint density at radius 1 is 1.08 bits per heavy atom. The molecule has 0 aromatic heterocycles. The lowest BCUT2D eigenvalue weighted by Gasteiger charge is -2.20. The Labute approximate surface area is 150 Å². The Morgan fingerprint density at radius 3 is 2.19 bits per heavy atom. The van der Waals surface area contributed by atoms with Crippen molar-refractivity contribution in [3.63, 3.8) is 0 Å². The zero-order valence-electron chi connectivity index (χ0n) is 14.1. The van der Waals surface area contributed by atoms with Crippen LogP contribution in [0.3, 0.4) is 0 Å². The van der Waals surface area contributed by atoms with Crippen molar-refractivity contribution in [3.8, 4) is 5.75 Å². The number of rotatable bonds is 6. The number of amides is 1. The first-order valence-electron chi connectivity index (χ1n) is 8.31. The molecule has 146 valence electrons. The van der Waals surface area contributed by atoms with Crippen molar-refractivity contribution < 1.29 is 31.1 Å². The third kappa shape index (κ3) is 6.49. The number of nitrogens with one attached hydrogen (secondary N) is 1. The molecule has 2 rings (SSSR count). The molecule has 0 saturated carbocycles. The molecule has 0 atom stereocenters. The van der Waals surface area contributed by atoms with E-state index in [9.17, 15) is 26.4 Å². The van der Waals surface area contributed by atoms with E-state index in [2.05, 4.69) is 9.46 Å². The average molecular weight is 394 g/mol. The molecular formula is C16H21F3N2O4S. The van der Waals surface area contributed by atoms with Crippen LogP contribution in [0.15, 0.2) is 29.2 Å². The molecule has 26 heavy (non-hydrogen) atoms. The lowest BCUT2D eigenvalue weighted by atomic mass is 10.2. The summed E-state index contributed by atoms with van der Waals surface area (Å²) >= 11 is 0. The van der Waals surface area contributed by atoms with E-state index >= 15 is 0 Å². The number of carbonyl (C=O) groups is 1. The molecule has 0 aliphatic carbocycles. The molecule has 1 amide bonds. The van der Waals surface area contributed by atoms with Crippen LogP contribution in [0.1, 0.15) is 32.1 Å². The van der Waals surface area contributed by atoms with Gasteiger partial charge in [-0.3, -0.25) is 4.79 Å². The van der Waals surface area contributed by atoms with Crippen LogP contribution in [-0.4, -0.2) is 45.2 Å². The number of hydrogen-bond donors (Lipinski definition) is 1. The molecule has 1 aromatic rings. The summed E-state index contributed by atoms with van der Waals surface area (Å²) in [5.74, 6) is -0.615. The second kappa shape index (κ2) is 8.72. The van der Waals surface area contributed by atoms with Crippen molar-refractivity contribution >= 4 is 15.9 Å². The van der Waals surface area contributed by atoms with E-state index in [-0.39, 0.29) is 23.8 Å². The Balaban J connectivity index is 1.87. The van der Waals surface area contributed by atoms with Gasteiger partial charge in [0.15, 0.2) is 0 Å². The van der Waals surface area contributed by atoms with Gasteiger partial charge in [0.1, 0.15) is 5.75 Å². The summed E-state index contributed by atoms with van der Waals surface area (Å²) in [7, 11) is -3.91. The quantitative estimate of drug-likeness (QED) is 0.805. The minimum Gasteiger partial charge on any atom is -0.406 e. The average Bonchev–Trinajstić information content (AvgIpc) is 2.83. The summed E-state index contributed by atoms with van der Waals surface area (Å²) in [6.07, 6.45) is -0.733. The maximum atomic E-state index is 12.1. The van der Waals surface area contributed by atoms with Crippen LogP contribution in [-0.2, 0) is 14.8 Å². The predicted octanol–water partition coefficient (Wildman–Crippen LogP) is 2.66. The van der Waals surface area contributed by atoms with Crippen LogP contribution >= 0.6 is 0 Å². The number of sulfonamides is 1. The maximum absolute atomic E-state index is 12.1. The molecule has 1 aromatic carbocycles. The van der Waals surface area contributed by atoms with Crippen LogP contribution in [0.2, 0.25) is 0 Å². The fourth-order valence-electron chi connectivity index (χ4n) is 2.67. The summed E-state index contributed by atoms with van der Waals surface area (Å²) in [6.45, 7) is 1.30. The second-order valence-corrected chi connectivity index (χ2v) is 7.73. The zero-order valence-corrected chi connectivity index (χ0v) is 14.9. The number of carbonyl (C=O) groups excluding carboxylic acids is 1. The smallest absolute Gasteiger partial charge is 0.406 e. The molecule has 1 N–H and O–H groups in total. The minimum absolute atomic E-state index is 0.0362. The van der Waals surface area contributed by atoms with Crippen molar-refractivity contribution in [1.82, 2.24) is 9.62 Å². The van der Waals surface area contributed by atoms with Crippen molar-refractivity contribution in [2.45, 2.75) is 43.4 Å². The third-order valence-electron chi connectivity index (χ3n) is 3.96. The Hall–Kier alpha value is -1.81. The van der Waals surface area contributed by atoms with E-state index in [1.54, 1.807) is 4.90 Å². The van der Waals surface area contributed by atoms with Gasteiger partial charge >= 0.3 is 6.36 Å². The third-order valence-corrected chi connectivity index (χ3v) is 5.43. The number of ether oxygens (including phenoxy) is 1. The van der Waals surface area contributed by atoms with E-state index in [0.29, 0.717) is 13.1 Å². The minimum atomic E-state index is -4.84. The molecule has 0 bridgehead atoms. The normalized spacial score (nSPS) is 16.2. The first kappa shape index (κ1) is 20.5. The van der Waals surface area contributed by atoms with Crippen molar-refractivity contribution in [2.75, 3.05) is 19.6 Å². The topological polar surface area (TPSA) is 75.7 Å². The summed E-state index contributed by atoms with van der Waals surface area (Å²) in [5.41, 5.74) is 0.